The molecule has 162 valence electrons. The third-order valence-corrected chi connectivity index (χ3v) is 5.81. The van der Waals surface area contributed by atoms with E-state index in [0.717, 1.165) is 55.4 Å². The summed E-state index contributed by atoms with van der Waals surface area (Å²) >= 11 is 0. The topological polar surface area (TPSA) is 50.1 Å². The lowest BCUT2D eigenvalue weighted by Gasteiger charge is -2.34. The van der Waals surface area contributed by atoms with Crippen LogP contribution in [0.2, 0.25) is 0 Å². The first kappa shape index (κ1) is 20.3. The number of hydrogen-bond acceptors (Lipinski definition) is 4. The summed E-state index contributed by atoms with van der Waals surface area (Å²) < 4.78 is 7.87. The maximum atomic E-state index is 12.9. The predicted molar refractivity (Wildman–Crippen MR) is 124 cm³/mol. The van der Waals surface area contributed by atoms with Crippen molar-refractivity contribution in [1.29, 1.82) is 0 Å². The minimum absolute atomic E-state index is 0.0759. The summed E-state index contributed by atoms with van der Waals surface area (Å²) in [5, 5.41) is 0. The van der Waals surface area contributed by atoms with Crippen LogP contribution in [0.15, 0.2) is 85.2 Å². The molecule has 0 radical (unpaired) electrons. The first-order valence-corrected chi connectivity index (χ1v) is 11.0. The molecule has 32 heavy (non-hydrogen) atoms. The monoisotopic (exact) mass is 426 g/mol. The molecule has 6 heteroatoms. The van der Waals surface area contributed by atoms with Crippen molar-refractivity contribution < 1.29 is 9.53 Å². The van der Waals surface area contributed by atoms with Crippen molar-refractivity contribution in [2.75, 3.05) is 26.2 Å². The summed E-state index contributed by atoms with van der Waals surface area (Å²) in [6.45, 7) is 4.45. The summed E-state index contributed by atoms with van der Waals surface area (Å²) in [6, 6.07) is 23.5. The average molecular weight is 427 g/mol. The second kappa shape index (κ2) is 9.24. The number of rotatable bonds is 6. The van der Waals surface area contributed by atoms with Gasteiger partial charge in [-0.3, -0.25) is 9.69 Å². The Hall–Kier alpha value is -3.64. The summed E-state index contributed by atoms with van der Waals surface area (Å²) in [7, 11) is 0. The molecule has 2 aromatic heterocycles. The number of piperazine rings is 1. The number of aromatic nitrogens is 2. The Morgan fingerprint density at radius 3 is 2.38 bits per heavy atom. The number of pyridine rings is 1. The molecule has 4 aromatic rings. The Kier molecular flexibility index (Phi) is 5.85. The van der Waals surface area contributed by atoms with Gasteiger partial charge in [0.1, 0.15) is 18.0 Å². The molecule has 1 saturated heterocycles. The maximum absolute atomic E-state index is 12.9. The molecule has 0 saturated carbocycles. The molecular formula is C26H26N4O2. The highest BCUT2D eigenvalue weighted by Crippen LogP contribution is 2.17. The predicted octanol–water partition coefficient (Wildman–Crippen LogP) is 3.87. The molecule has 6 nitrogen and oxygen atoms in total. The van der Waals surface area contributed by atoms with E-state index in [2.05, 4.69) is 16.1 Å². The van der Waals surface area contributed by atoms with Crippen molar-refractivity contribution in [2.45, 2.75) is 13.2 Å². The number of fused-ring (bicyclic) bond motifs is 1. The lowest BCUT2D eigenvalue weighted by molar-refractivity contribution is 0.0627. The Labute approximate surface area is 187 Å². The zero-order valence-corrected chi connectivity index (χ0v) is 17.9. The lowest BCUT2D eigenvalue weighted by atomic mass is 10.1. The average Bonchev–Trinajstić information content (AvgIpc) is 3.26. The fourth-order valence-electron chi connectivity index (χ4n) is 4.02. The highest BCUT2D eigenvalue weighted by molar-refractivity contribution is 5.94. The van der Waals surface area contributed by atoms with Crippen LogP contribution >= 0.6 is 0 Å². The fourth-order valence-corrected chi connectivity index (χ4v) is 4.02. The van der Waals surface area contributed by atoms with E-state index in [9.17, 15) is 4.79 Å². The molecule has 0 aliphatic carbocycles. The van der Waals surface area contributed by atoms with Gasteiger partial charge in [0.15, 0.2) is 0 Å². The van der Waals surface area contributed by atoms with Crippen LogP contribution in [0, 0.1) is 0 Å². The minimum Gasteiger partial charge on any atom is -0.489 e. The van der Waals surface area contributed by atoms with Crippen LogP contribution in [0.25, 0.3) is 5.65 Å². The molecule has 5 rings (SSSR count). The molecule has 0 bridgehead atoms. The van der Waals surface area contributed by atoms with E-state index in [1.807, 2.05) is 88.3 Å². The van der Waals surface area contributed by atoms with Crippen molar-refractivity contribution in [3.8, 4) is 5.75 Å². The smallest absolute Gasteiger partial charge is 0.253 e. The third kappa shape index (κ3) is 4.65. The van der Waals surface area contributed by atoms with Gasteiger partial charge in [0.2, 0.25) is 0 Å². The molecule has 0 atom stereocenters. The number of ether oxygens (including phenoxy) is 1. The Morgan fingerprint density at radius 2 is 1.62 bits per heavy atom. The van der Waals surface area contributed by atoms with E-state index in [-0.39, 0.29) is 5.91 Å². The van der Waals surface area contributed by atoms with E-state index < -0.39 is 0 Å². The zero-order valence-electron chi connectivity index (χ0n) is 17.9. The van der Waals surface area contributed by atoms with E-state index >= 15 is 0 Å². The largest absolute Gasteiger partial charge is 0.489 e. The van der Waals surface area contributed by atoms with Crippen LogP contribution in [-0.4, -0.2) is 51.3 Å². The molecule has 1 aliphatic rings. The molecule has 0 spiro atoms. The van der Waals surface area contributed by atoms with Crippen LogP contribution in [0.3, 0.4) is 0 Å². The molecule has 3 heterocycles. The summed E-state index contributed by atoms with van der Waals surface area (Å²) in [4.78, 5) is 21.9. The van der Waals surface area contributed by atoms with Gasteiger partial charge in [-0.25, -0.2) is 4.98 Å². The van der Waals surface area contributed by atoms with Crippen LogP contribution < -0.4 is 4.74 Å². The molecule has 1 fully saturated rings. The van der Waals surface area contributed by atoms with Gasteiger partial charge in [0.05, 0.1) is 5.69 Å². The summed E-state index contributed by atoms with van der Waals surface area (Å²) in [5.41, 5.74) is 3.84. The molecule has 1 amide bonds. The van der Waals surface area contributed by atoms with Crippen molar-refractivity contribution in [3.63, 3.8) is 0 Å². The second-order valence-corrected chi connectivity index (χ2v) is 8.07. The van der Waals surface area contributed by atoms with E-state index in [4.69, 9.17) is 4.74 Å². The van der Waals surface area contributed by atoms with Crippen molar-refractivity contribution in [3.05, 3.63) is 102 Å². The van der Waals surface area contributed by atoms with Gasteiger partial charge < -0.3 is 14.0 Å². The number of nitrogens with zero attached hydrogens (tertiary/aromatic N) is 4. The molecule has 0 unspecified atom stereocenters. The molecular weight excluding hydrogens is 400 g/mol. The lowest BCUT2D eigenvalue weighted by Crippen LogP contribution is -2.48. The third-order valence-electron chi connectivity index (χ3n) is 5.81. The number of benzene rings is 2. The van der Waals surface area contributed by atoms with Gasteiger partial charge in [0, 0.05) is 50.7 Å². The second-order valence-electron chi connectivity index (χ2n) is 8.07. The van der Waals surface area contributed by atoms with E-state index in [0.29, 0.717) is 12.2 Å². The SMILES string of the molecule is O=C(c1ccc(OCc2ccccc2)cc1)N1CCN(Cc2cn3ccccc3n2)CC1. The van der Waals surface area contributed by atoms with Gasteiger partial charge in [-0.1, -0.05) is 36.4 Å². The standard InChI is InChI=1S/C26H26N4O2/c31-26(22-9-11-24(12-10-22)32-20-21-6-2-1-3-7-21)29-16-14-28(15-17-29)18-23-19-30-13-5-4-8-25(30)27-23/h1-13,19H,14-18,20H2. The fraction of sp³-hybridized carbons (Fsp3) is 0.231. The first-order valence-electron chi connectivity index (χ1n) is 11.0. The highest BCUT2D eigenvalue weighted by atomic mass is 16.5. The van der Waals surface area contributed by atoms with Crippen LogP contribution in [0.1, 0.15) is 21.6 Å². The summed E-state index contributed by atoms with van der Waals surface area (Å²) in [5.74, 6) is 0.842. The van der Waals surface area contributed by atoms with Gasteiger partial charge in [-0.05, 0) is 42.0 Å². The van der Waals surface area contributed by atoms with Crippen LogP contribution in [0.4, 0.5) is 0 Å². The first-order chi connectivity index (χ1) is 15.7. The molecule has 1 aliphatic heterocycles. The summed E-state index contributed by atoms with van der Waals surface area (Å²) in [6.07, 6.45) is 4.09. The normalized spacial score (nSPS) is 14.6. The van der Waals surface area contributed by atoms with E-state index in [1.165, 1.54) is 0 Å². The number of carbonyl (C=O) groups is 1. The van der Waals surface area contributed by atoms with Crippen molar-refractivity contribution >= 4 is 11.6 Å². The van der Waals surface area contributed by atoms with E-state index in [1.54, 1.807) is 0 Å². The van der Waals surface area contributed by atoms with Gasteiger partial charge in [-0.2, -0.15) is 0 Å². The quantitative estimate of drug-likeness (QED) is 0.470. The van der Waals surface area contributed by atoms with Crippen LogP contribution in [0.5, 0.6) is 5.75 Å². The maximum Gasteiger partial charge on any atom is 0.253 e. The molecule has 0 N–H and O–H groups in total. The van der Waals surface area contributed by atoms with Gasteiger partial charge >= 0.3 is 0 Å². The highest BCUT2D eigenvalue weighted by Gasteiger charge is 2.22. The number of carbonyl (C=O) groups excluding carboxylic acids is 1. The van der Waals surface area contributed by atoms with Gasteiger partial charge in [0.25, 0.3) is 5.91 Å². The number of imidazole rings is 1. The Morgan fingerprint density at radius 1 is 0.875 bits per heavy atom. The Balaban J connectivity index is 1.13. The van der Waals surface area contributed by atoms with Crippen molar-refractivity contribution in [2.24, 2.45) is 0 Å². The van der Waals surface area contributed by atoms with Crippen molar-refractivity contribution in [1.82, 2.24) is 19.2 Å². The minimum atomic E-state index is 0.0759. The Bertz CT molecular complexity index is 1150. The molecule has 2 aromatic carbocycles. The number of amides is 1. The van der Waals surface area contributed by atoms with Gasteiger partial charge in [-0.15, -0.1) is 0 Å². The van der Waals surface area contributed by atoms with Crippen LogP contribution in [-0.2, 0) is 13.2 Å². The zero-order chi connectivity index (χ0) is 21.8. The number of hydrogen-bond donors (Lipinski definition) is 0.